The monoisotopic (exact) mass is 462 g/mol. The van der Waals surface area contributed by atoms with Crippen LogP contribution >= 0.6 is 0 Å². The van der Waals surface area contributed by atoms with Gasteiger partial charge >= 0.3 is 0 Å². The van der Waals surface area contributed by atoms with Gasteiger partial charge in [-0.15, -0.1) is 0 Å². The SMILES string of the molecule is CC1CCC(C)N1Cc1ccc2c(c1)CC[C@H](NC(=O)c1ccc(OC[C@@H]3CCCO3)cc1)C2. The summed E-state index contributed by atoms with van der Waals surface area (Å²) in [6.45, 7) is 7.15. The summed E-state index contributed by atoms with van der Waals surface area (Å²) in [7, 11) is 0. The fourth-order valence-corrected chi connectivity index (χ4v) is 5.74. The molecule has 4 atom stereocenters. The molecular weight excluding hydrogens is 424 g/mol. The van der Waals surface area contributed by atoms with Crippen LogP contribution in [0.2, 0.25) is 0 Å². The molecule has 1 N–H and O–H groups in total. The Hall–Kier alpha value is -2.37. The highest BCUT2D eigenvalue weighted by Crippen LogP contribution is 2.28. The van der Waals surface area contributed by atoms with Gasteiger partial charge in [0, 0.05) is 36.8 Å². The van der Waals surface area contributed by atoms with E-state index in [1.165, 1.54) is 29.5 Å². The molecule has 1 amide bonds. The molecule has 2 aliphatic heterocycles. The molecule has 3 aliphatic rings. The summed E-state index contributed by atoms with van der Waals surface area (Å²) in [5, 5.41) is 3.25. The molecule has 34 heavy (non-hydrogen) atoms. The minimum absolute atomic E-state index is 0.00671. The number of likely N-dealkylation sites (tertiary alicyclic amines) is 1. The zero-order chi connectivity index (χ0) is 23.5. The Morgan fingerprint density at radius 3 is 2.56 bits per heavy atom. The topological polar surface area (TPSA) is 50.8 Å². The number of hydrogen-bond donors (Lipinski definition) is 1. The standard InChI is InChI=1S/C29H38N2O3/c1-20-5-6-21(2)31(20)18-22-7-8-25-17-26(12-9-24(25)16-22)30-29(32)23-10-13-27(14-11-23)34-19-28-4-3-15-33-28/h7-8,10-11,13-14,16,20-21,26,28H,3-6,9,12,15,17-19H2,1-2H3,(H,30,32)/t20?,21?,26-,28-/m0/s1. The summed E-state index contributed by atoms with van der Waals surface area (Å²) < 4.78 is 11.4. The Kier molecular flexibility index (Phi) is 7.21. The molecule has 0 bridgehead atoms. The quantitative estimate of drug-likeness (QED) is 0.636. The van der Waals surface area contributed by atoms with E-state index in [1.54, 1.807) is 0 Å². The number of ether oxygens (including phenoxy) is 2. The predicted molar refractivity (Wildman–Crippen MR) is 134 cm³/mol. The molecule has 0 aromatic heterocycles. The van der Waals surface area contributed by atoms with E-state index in [9.17, 15) is 4.79 Å². The Balaban J connectivity index is 1.13. The third-order valence-corrected chi connectivity index (χ3v) is 7.91. The van der Waals surface area contributed by atoms with Crippen LogP contribution in [0.1, 0.15) is 73.0 Å². The van der Waals surface area contributed by atoms with Gasteiger partial charge in [-0.2, -0.15) is 0 Å². The maximum Gasteiger partial charge on any atom is 0.251 e. The average Bonchev–Trinajstić information content (AvgIpc) is 3.49. The lowest BCUT2D eigenvalue weighted by molar-refractivity contribution is 0.0679. The highest BCUT2D eigenvalue weighted by molar-refractivity contribution is 5.94. The van der Waals surface area contributed by atoms with Gasteiger partial charge in [-0.25, -0.2) is 0 Å². The molecule has 5 heteroatoms. The molecule has 2 heterocycles. The summed E-state index contributed by atoms with van der Waals surface area (Å²) in [6.07, 6.45) is 7.88. The maximum atomic E-state index is 12.8. The van der Waals surface area contributed by atoms with Gasteiger partial charge in [0.15, 0.2) is 0 Å². The third-order valence-electron chi connectivity index (χ3n) is 7.91. The van der Waals surface area contributed by atoms with E-state index in [2.05, 4.69) is 42.3 Å². The van der Waals surface area contributed by atoms with E-state index in [4.69, 9.17) is 9.47 Å². The second kappa shape index (κ2) is 10.5. The molecule has 2 aromatic rings. The van der Waals surface area contributed by atoms with Gasteiger partial charge in [0.25, 0.3) is 5.91 Å². The fraction of sp³-hybridized carbons (Fsp3) is 0.552. The van der Waals surface area contributed by atoms with Gasteiger partial charge in [-0.3, -0.25) is 9.69 Å². The maximum absolute atomic E-state index is 12.8. The zero-order valence-corrected chi connectivity index (χ0v) is 20.6. The normalized spacial score (nSPS) is 26.9. The minimum Gasteiger partial charge on any atom is -0.491 e. The van der Waals surface area contributed by atoms with Crippen molar-refractivity contribution in [1.82, 2.24) is 10.2 Å². The lowest BCUT2D eigenvalue weighted by Gasteiger charge is -2.28. The number of fused-ring (bicyclic) bond motifs is 1. The van der Waals surface area contributed by atoms with Gasteiger partial charge in [-0.1, -0.05) is 18.2 Å². The minimum atomic E-state index is -0.00671. The van der Waals surface area contributed by atoms with Crippen molar-refractivity contribution in [2.24, 2.45) is 0 Å². The first-order chi connectivity index (χ1) is 16.5. The number of benzene rings is 2. The van der Waals surface area contributed by atoms with Crippen LogP contribution in [-0.2, 0) is 24.1 Å². The van der Waals surface area contributed by atoms with Crippen LogP contribution in [0.3, 0.4) is 0 Å². The van der Waals surface area contributed by atoms with Crippen LogP contribution in [-0.4, -0.2) is 48.3 Å². The van der Waals surface area contributed by atoms with Crippen molar-refractivity contribution in [1.29, 1.82) is 0 Å². The first-order valence-electron chi connectivity index (χ1n) is 13.1. The van der Waals surface area contributed by atoms with Crippen LogP contribution < -0.4 is 10.1 Å². The van der Waals surface area contributed by atoms with E-state index >= 15 is 0 Å². The molecule has 2 saturated heterocycles. The molecule has 0 radical (unpaired) electrons. The molecule has 2 aromatic carbocycles. The van der Waals surface area contributed by atoms with Gasteiger partial charge in [0.1, 0.15) is 12.4 Å². The van der Waals surface area contributed by atoms with E-state index in [0.717, 1.165) is 51.0 Å². The van der Waals surface area contributed by atoms with Crippen molar-refractivity contribution in [3.05, 3.63) is 64.7 Å². The highest BCUT2D eigenvalue weighted by Gasteiger charge is 2.27. The summed E-state index contributed by atoms with van der Waals surface area (Å²) in [4.78, 5) is 15.5. The molecule has 5 rings (SSSR count). The predicted octanol–water partition coefficient (Wildman–Crippen LogP) is 4.90. The molecule has 182 valence electrons. The third kappa shape index (κ3) is 5.47. The van der Waals surface area contributed by atoms with Crippen molar-refractivity contribution in [3.63, 3.8) is 0 Å². The molecule has 2 fully saturated rings. The number of rotatable bonds is 7. The summed E-state index contributed by atoms with van der Waals surface area (Å²) in [5.74, 6) is 0.778. The van der Waals surface area contributed by atoms with E-state index < -0.39 is 0 Å². The van der Waals surface area contributed by atoms with Gasteiger partial charge < -0.3 is 14.8 Å². The first-order valence-corrected chi connectivity index (χ1v) is 13.1. The number of carbonyl (C=O) groups is 1. The van der Waals surface area contributed by atoms with E-state index in [1.807, 2.05) is 24.3 Å². The molecular formula is C29H38N2O3. The number of hydrogen-bond acceptors (Lipinski definition) is 4. The summed E-state index contributed by atoms with van der Waals surface area (Å²) in [6, 6.07) is 16.0. The van der Waals surface area contributed by atoms with Crippen molar-refractivity contribution in [2.75, 3.05) is 13.2 Å². The average molecular weight is 463 g/mol. The van der Waals surface area contributed by atoms with Crippen LogP contribution in [0.5, 0.6) is 5.75 Å². The molecule has 2 unspecified atom stereocenters. The Morgan fingerprint density at radius 2 is 1.82 bits per heavy atom. The lowest BCUT2D eigenvalue weighted by atomic mass is 9.87. The second-order valence-corrected chi connectivity index (χ2v) is 10.4. The summed E-state index contributed by atoms with van der Waals surface area (Å²) in [5.41, 5.74) is 4.93. The largest absolute Gasteiger partial charge is 0.491 e. The molecule has 0 saturated carbocycles. The number of aryl methyl sites for hydroxylation is 1. The van der Waals surface area contributed by atoms with Crippen molar-refractivity contribution >= 4 is 5.91 Å². The Morgan fingerprint density at radius 1 is 1.03 bits per heavy atom. The van der Waals surface area contributed by atoms with Crippen LogP contribution in [0.15, 0.2) is 42.5 Å². The van der Waals surface area contributed by atoms with Crippen molar-refractivity contribution in [3.8, 4) is 5.75 Å². The number of carbonyl (C=O) groups excluding carboxylic acids is 1. The smallest absolute Gasteiger partial charge is 0.251 e. The molecule has 5 nitrogen and oxygen atoms in total. The summed E-state index contributed by atoms with van der Waals surface area (Å²) >= 11 is 0. The lowest BCUT2D eigenvalue weighted by Crippen LogP contribution is -2.39. The number of amides is 1. The number of nitrogens with zero attached hydrogens (tertiary/aromatic N) is 1. The van der Waals surface area contributed by atoms with Crippen LogP contribution in [0.4, 0.5) is 0 Å². The van der Waals surface area contributed by atoms with E-state index in [-0.39, 0.29) is 18.1 Å². The second-order valence-electron chi connectivity index (χ2n) is 10.4. The van der Waals surface area contributed by atoms with Gasteiger partial charge in [0.2, 0.25) is 0 Å². The molecule has 1 aliphatic carbocycles. The molecule has 0 spiro atoms. The van der Waals surface area contributed by atoms with E-state index in [0.29, 0.717) is 24.3 Å². The van der Waals surface area contributed by atoms with Crippen LogP contribution in [0.25, 0.3) is 0 Å². The Labute approximate surface area is 203 Å². The highest BCUT2D eigenvalue weighted by atomic mass is 16.5. The van der Waals surface area contributed by atoms with Gasteiger partial charge in [-0.05, 0) is 99.7 Å². The van der Waals surface area contributed by atoms with Crippen LogP contribution in [0, 0.1) is 0 Å². The van der Waals surface area contributed by atoms with Gasteiger partial charge in [0.05, 0.1) is 6.10 Å². The first kappa shape index (κ1) is 23.4. The van der Waals surface area contributed by atoms with Crippen molar-refractivity contribution < 1.29 is 14.3 Å². The number of nitrogens with one attached hydrogen (secondary N) is 1. The zero-order valence-electron chi connectivity index (χ0n) is 20.6. The Bertz CT molecular complexity index is 973. The fourth-order valence-electron chi connectivity index (χ4n) is 5.74. The van der Waals surface area contributed by atoms with Crippen molar-refractivity contribution in [2.45, 2.75) is 89.6 Å².